The zero-order chi connectivity index (χ0) is 11.4. The monoisotopic (exact) mass is 216 g/mol. The number of nitrogens with zero attached hydrogens (tertiary/aromatic N) is 1. The van der Waals surface area contributed by atoms with Crippen LogP contribution in [0.4, 0.5) is 19.3 Å². The summed E-state index contributed by atoms with van der Waals surface area (Å²) < 4.78 is 29.9. The van der Waals surface area contributed by atoms with Crippen molar-refractivity contribution in [2.75, 3.05) is 5.32 Å². The SMILES string of the molecule is CC(C)OC(=O)Nc1cc(F)nc(F)c1. The highest BCUT2D eigenvalue weighted by Crippen LogP contribution is 2.10. The molecule has 1 aromatic rings. The van der Waals surface area contributed by atoms with Gasteiger partial charge in [-0.15, -0.1) is 0 Å². The predicted molar refractivity (Wildman–Crippen MR) is 49.4 cm³/mol. The summed E-state index contributed by atoms with van der Waals surface area (Å²) in [4.78, 5) is 13.9. The number of carbonyl (C=O) groups excluding carboxylic acids is 1. The molecule has 6 heteroatoms. The van der Waals surface area contributed by atoms with Gasteiger partial charge < -0.3 is 4.74 Å². The first-order chi connectivity index (χ1) is 6.97. The Balaban J connectivity index is 2.68. The van der Waals surface area contributed by atoms with Crippen molar-refractivity contribution in [3.63, 3.8) is 0 Å². The number of halogens is 2. The van der Waals surface area contributed by atoms with E-state index in [4.69, 9.17) is 4.74 Å². The van der Waals surface area contributed by atoms with Crippen LogP contribution in [0.25, 0.3) is 0 Å². The van der Waals surface area contributed by atoms with Gasteiger partial charge in [-0.05, 0) is 13.8 Å². The van der Waals surface area contributed by atoms with E-state index >= 15 is 0 Å². The van der Waals surface area contributed by atoms with Crippen LogP contribution in [0, 0.1) is 11.9 Å². The second-order valence-electron chi connectivity index (χ2n) is 3.08. The van der Waals surface area contributed by atoms with Gasteiger partial charge in [-0.1, -0.05) is 0 Å². The molecule has 0 aliphatic carbocycles. The molecule has 4 nitrogen and oxygen atoms in total. The normalized spacial score (nSPS) is 10.2. The van der Waals surface area contributed by atoms with Gasteiger partial charge in [-0.3, -0.25) is 5.32 Å². The number of carbonyl (C=O) groups is 1. The lowest BCUT2D eigenvalue weighted by molar-refractivity contribution is 0.130. The molecule has 0 atom stereocenters. The molecular weight excluding hydrogens is 206 g/mol. The van der Waals surface area contributed by atoms with Crippen molar-refractivity contribution >= 4 is 11.8 Å². The van der Waals surface area contributed by atoms with Crippen LogP contribution in [0.2, 0.25) is 0 Å². The topological polar surface area (TPSA) is 51.2 Å². The Morgan fingerprint density at radius 2 is 1.93 bits per heavy atom. The third-order valence-corrected chi connectivity index (χ3v) is 1.35. The highest BCUT2D eigenvalue weighted by Gasteiger charge is 2.08. The predicted octanol–water partition coefficient (Wildman–Crippen LogP) is 2.32. The molecule has 82 valence electrons. The molecule has 0 aromatic carbocycles. The number of rotatable bonds is 2. The van der Waals surface area contributed by atoms with Crippen molar-refractivity contribution in [2.45, 2.75) is 20.0 Å². The Morgan fingerprint density at radius 1 is 1.40 bits per heavy atom. The number of hydrogen-bond donors (Lipinski definition) is 1. The van der Waals surface area contributed by atoms with Crippen molar-refractivity contribution in [3.05, 3.63) is 24.0 Å². The maximum atomic E-state index is 12.6. The van der Waals surface area contributed by atoms with E-state index in [0.29, 0.717) is 0 Å². The average Bonchev–Trinajstić information content (AvgIpc) is 1.98. The zero-order valence-electron chi connectivity index (χ0n) is 8.25. The third kappa shape index (κ3) is 3.88. The molecule has 1 rings (SSSR count). The number of amides is 1. The molecule has 0 radical (unpaired) electrons. The molecular formula is C9H10F2N2O2. The average molecular weight is 216 g/mol. The molecule has 0 unspecified atom stereocenters. The minimum absolute atomic E-state index is 0.0364. The smallest absolute Gasteiger partial charge is 0.411 e. The minimum Gasteiger partial charge on any atom is -0.447 e. The first-order valence-electron chi connectivity index (χ1n) is 4.28. The van der Waals surface area contributed by atoms with E-state index in [1.165, 1.54) is 0 Å². The maximum Gasteiger partial charge on any atom is 0.411 e. The van der Waals surface area contributed by atoms with Crippen LogP contribution in [-0.4, -0.2) is 17.2 Å². The quantitative estimate of drug-likeness (QED) is 0.772. The zero-order valence-corrected chi connectivity index (χ0v) is 8.25. The minimum atomic E-state index is -1.00. The van der Waals surface area contributed by atoms with Gasteiger partial charge in [0.1, 0.15) is 0 Å². The van der Waals surface area contributed by atoms with Crippen LogP contribution in [0.1, 0.15) is 13.8 Å². The molecule has 15 heavy (non-hydrogen) atoms. The largest absolute Gasteiger partial charge is 0.447 e. The fraction of sp³-hybridized carbons (Fsp3) is 0.333. The summed E-state index contributed by atoms with van der Waals surface area (Å²) in [6.45, 7) is 3.32. The Morgan fingerprint density at radius 3 is 2.40 bits per heavy atom. The second-order valence-corrected chi connectivity index (χ2v) is 3.08. The van der Waals surface area contributed by atoms with E-state index in [1.54, 1.807) is 13.8 Å². The Labute approximate surface area is 85.3 Å². The molecule has 0 aliphatic rings. The lowest BCUT2D eigenvalue weighted by atomic mass is 10.4. The number of ether oxygens (including phenoxy) is 1. The van der Waals surface area contributed by atoms with Crippen LogP contribution in [0.3, 0.4) is 0 Å². The Bertz CT molecular complexity index is 349. The molecule has 1 N–H and O–H groups in total. The number of hydrogen-bond acceptors (Lipinski definition) is 3. The highest BCUT2D eigenvalue weighted by molar-refractivity contribution is 5.84. The summed E-state index contributed by atoms with van der Waals surface area (Å²) in [5.41, 5.74) is -0.0364. The number of nitrogens with one attached hydrogen (secondary N) is 1. The van der Waals surface area contributed by atoms with Crippen molar-refractivity contribution in [3.8, 4) is 0 Å². The Hall–Kier alpha value is -1.72. The first-order valence-corrected chi connectivity index (χ1v) is 4.28. The molecule has 1 aromatic heterocycles. The molecule has 0 spiro atoms. The van der Waals surface area contributed by atoms with E-state index in [0.717, 1.165) is 12.1 Å². The van der Waals surface area contributed by atoms with Crippen LogP contribution in [-0.2, 0) is 4.74 Å². The van der Waals surface area contributed by atoms with Crippen molar-refractivity contribution < 1.29 is 18.3 Å². The van der Waals surface area contributed by atoms with Crippen LogP contribution in [0.15, 0.2) is 12.1 Å². The van der Waals surface area contributed by atoms with E-state index in [1.807, 2.05) is 0 Å². The highest BCUT2D eigenvalue weighted by atomic mass is 19.1. The molecule has 1 heterocycles. The van der Waals surface area contributed by atoms with Crippen LogP contribution < -0.4 is 5.32 Å². The van der Waals surface area contributed by atoms with Crippen molar-refractivity contribution in [1.82, 2.24) is 4.98 Å². The van der Waals surface area contributed by atoms with Crippen molar-refractivity contribution in [1.29, 1.82) is 0 Å². The second kappa shape index (κ2) is 4.68. The van der Waals surface area contributed by atoms with Gasteiger partial charge in [0.25, 0.3) is 0 Å². The van der Waals surface area contributed by atoms with Gasteiger partial charge in [0, 0.05) is 12.1 Å². The van der Waals surface area contributed by atoms with E-state index < -0.39 is 18.0 Å². The summed E-state index contributed by atoms with van der Waals surface area (Å²) in [5.74, 6) is -2.01. The molecule has 0 aliphatic heterocycles. The van der Waals surface area contributed by atoms with Gasteiger partial charge in [0.05, 0.1) is 11.8 Å². The van der Waals surface area contributed by atoms with Gasteiger partial charge in [-0.2, -0.15) is 13.8 Å². The Kier molecular flexibility index (Phi) is 3.54. The number of anilines is 1. The molecule has 0 bridgehead atoms. The molecule has 0 saturated carbocycles. The maximum absolute atomic E-state index is 12.6. The lowest BCUT2D eigenvalue weighted by Gasteiger charge is -2.09. The first kappa shape index (κ1) is 11.4. The van der Waals surface area contributed by atoms with Crippen LogP contribution in [0.5, 0.6) is 0 Å². The van der Waals surface area contributed by atoms with Gasteiger partial charge >= 0.3 is 6.09 Å². The van der Waals surface area contributed by atoms with E-state index in [-0.39, 0.29) is 11.8 Å². The number of aromatic nitrogens is 1. The van der Waals surface area contributed by atoms with Crippen molar-refractivity contribution in [2.24, 2.45) is 0 Å². The van der Waals surface area contributed by atoms with Gasteiger partial charge in [0.2, 0.25) is 11.9 Å². The van der Waals surface area contributed by atoms with E-state index in [2.05, 4.69) is 10.3 Å². The van der Waals surface area contributed by atoms with Gasteiger partial charge in [-0.25, -0.2) is 4.79 Å². The molecule has 0 fully saturated rings. The number of pyridine rings is 1. The molecule has 0 saturated heterocycles. The van der Waals surface area contributed by atoms with Crippen LogP contribution >= 0.6 is 0 Å². The summed E-state index contributed by atoms with van der Waals surface area (Å²) in [5, 5.41) is 2.17. The summed E-state index contributed by atoms with van der Waals surface area (Å²) >= 11 is 0. The lowest BCUT2D eigenvalue weighted by Crippen LogP contribution is -2.18. The van der Waals surface area contributed by atoms with E-state index in [9.17, 15) is 13.6 Å². The van der Waals surface area contributed by atoms with Gasteiger partial charge in [0.15, 0.2) is 0 Å². The summed E-state index contributed by atoms with van der Waals surface area (Å²) in [7, 11) is 0. The summed E-state index contributed by atoms with van der Waals surface area (Å²) in [6, 6.07) is 1.79. The standard InChI is InChI=1S/C9H10F2N2O2/c1-5(2)15-9(14)12-6-3-7(10)13-8(11)4-6/h3-5H,1-2H3,(H,12,13,14). The third-order valence-electron chi connectivity index (χ3n) is 1.35. The fourth-order valence-corrected chi connectivity index (χ4v) is 0.898. The molecule has 1 amide bonds. The fourth-order valence-electron chi connectivity index (χ4n) is 0.898. The summed E-state index contributed by atoms with van der Waals surface area (Å²) in [6.07, 6.45) is -1.07.